The fourth-order valence-corrected chi connectivity index (χ4v) is 1.27. The fraction of sp³-hybridized carbons (Fsp3) is 0.333. The van der Waals surface area contributed by atoms with E-state index in [-0.39, 0.29) is 12.4 Å². The van der Waals surface area contributed by atoms with Crippen LogP contribution in [0, 0.1) is 0 Å². The van der Waals surface area contributed by atoms with Crippen LogP contribution in [0.25, 0.3) is 0 Å². The van der Waals surface area contributed by atoms with Gasteiger partial charge in [0, 0.05) is 10.0 Å². The van der Waals surface area contributed by atoms with Crippen LogP contribution in [-0.4, -0.2) is 11.7 Å². The van der Waals surface area contributed by atoms with Crippen molar-refractivity contribution in [1.29, 1.82) is 0 Å². The zero-order valence-electron chi connectivity index (χ0n) is 7.29. The predicted molar refractivity (Wildman–Crippen MR) is 52.2 cm³/mol. The molecule has 0 atom stereocenters. The van der Waals surface area contributed by atoms with Gasteiger partial charge in [0.05, 0.1) is 6.61 Å². The van der Waals surface area contributed by atoms with E-state index in [9.17, 15) is 5.11 Å². The molecule has 4 heteroatoms. The molecule has 0 aliphatic carbocycles. The van der Waals surface area contributed by atoms with E-state index in [1.54, 1.807) is 18.2 Å². The second-order valence-electron chi connectivity index (χ2n) is 2.44. The van der Waals surface area contributed by atoms with Gasteiger partial charge in [0.15, 0.2) is 0 Å². The molecule has 1 aromatic carbocycles. The van der Waals surface area contributed by atoms with Crippen LogP contribution in [0.15, 0.2) is 22.7 Å². The molecular formula is C9H11BrO3. The number of phenols is 1. The van der Waals surface area contributed by atoms with Crippen molar-refractivity contribution in [3.63, 3.8) is 0 Å². The summed E-state index contributed by atoms with van der Waals surface area (Å²) in [4.78, 5) is 9.53. The highest BCUT2D eigenvalue weighted by Gasteiger charge is 2.01. The van der Waals surface area contributed by atoms with Gasteiger partial charge < -0.3 is 5.11 Å². The number of hydrogen-bond donors (Lipinski definition) is 1. The zero-order valence-corrected chi connectivity index (χ0v) is 8.87. The molecule has 0 aliphatic heterocycles. The summed E-state index contributed by atoms with van der Waals surface area (Å²) in [6, 6.07) is 5.16. The van der Waals surface area contributed by atoms with E-state index >= 15 is 0 Å². The van der Waals surface area contributed by atoms with Gasteiger partial charge in [-0.1, -0.05) is 15.9 Å². The van der Waals surface area contributed by atoms with Gasteiger partial charge in [-0.3, -0.25) is 0 Å². The van der Waals surface area contributed by atoms with E-state index in [2.05, 4.69) is 15.9 Å². The summed E-state index contributed by atoms with van der Waals surface area (Å²) >= 11 is 3.30. The van der Waals surface area contributed by atoms with Gasteiger partial charge in [0.25, 0.3) is 0 Å². The van der Waals surface area contributed by atoms with Crippen LogP contribution in [0.5, 0.6) is 5.75 Å². The third kappa shape index (κ3) is 3.34. The molecule has 0 unspecified atom stereocenters. The van der Waals surface area contributed by atoms with Crippen LogP contribution in [0.4, 0.5) is 0 Å². The Labute approximate surface area is 85.3 Å². The Morgan fingerprint density at radius 2 is 2.15 bits per heavy atom. The summed E-state index contributed by atoms with van der Waals surface area (Å²) in [5.41, 5.74) is 0.697. The van der Waals surface area contributed by atoms with Crippen LogP contribution >= 0.6 is 15.9 Å². The third-order valence-electron chi connectivity index (χ3n) is 1.46. The molecule has 0 aromatic heterocycles. The average Bonchev–Trinajstić information content (AvgIpc) is 2.11. The molecule has 0 radical (unpaired) electrons. The highest BCUT2D eigenvalue weighted by atomic mass is 79.9. The van der Waals surface area contributed by atoms with Crippen molar-refractivity contribution in [2.24, 2.45) is 0 Å². The SMILES string of the molecule is CCOOCc1cc(Br)ccc1O. The smallest absolute Gasteiger partial charge is 0.121 e. The van der Waals surface area contributed by atoms with Crippen LogP contribution in [0.1, 0.15) is 12.5 Å². The first-order valence-corrected chi connectivity index (χ1v) is 4.75. The van der Waals surface area contributed by atoms with Crippen LogP contribution in [0.3, 0.4) is 0 Å². The summed E-state index contributed by atoms with van der Waals surface area (Å²) in [5, 5.41) is 9.38. The molecule has 0 saturated heterocycles. The normalized spacial score (nSPS) is 10.3. The third-order valence-corrected chi connectivity index (χ3v) is 1.95. The van der Waals surface area contributed by atoms with Gasteiger partial charge in [-0.05, 0) is 25.1 Å². The predicted octanol–water partition coefficient (Wildman–Crippen LogP) is 2.62. The van der Waals surface area contributed by atoms with Crippen molar-refractivity contribution in [2.45, 2.75) is 13.5 Å². The largest absolute Gasteiger partial charge is 0.508 e. The molecule has 0 saturated carbocycles. The lowest BCUT2D eigenvalue weighted by Gasteiger charge is -2.04. The minimum Gasteiger partial charge on any atom is -0.508 e. The molecule has 0 heterocycles. The second kappa shape index (κ2) is 5.21. The van der Waals surface area contributed by atoms with Crippen molar-refractivity contribution < 1.29 is 14.9 Å². The van der Waals surface area contributed by atoms with Gasteiger partial charge in [-0.15, -0.1) is 0 Å². The van der Waals surface area contributed by atoms with E-state index in [0.29, 0.717) is 12.2 Å². The average molecular weight is 247 g/mol. The molecular weight excluding hydrogens is 236 g/mol. The van der Waals surface area contributed by atoms with Crippen molar-refractivity contribution in [1.82, 2.24) is 0 Å². The Morgan fingerprint density at radius 3 is 2.85 bits per heavy atom. The molecule has 0 fully saturated rings. The zero-order chi connectivity index (χ0) is 9.68. The maximum absolute atomic E-state index is 9.38. The second-order valence-corrected chi connectivity index (χ2v) is 3.36. The lowest BCUT2D eigenvalue weighted by Crippen LogP contribution is -1.94. The molecule has 0 aliphatic rings. The maximum Gasteiger partial charge on any atom is 0.121 e. The van der Waals surface area contributed by atoms with Crippen molar-refractivity contribution in [2.75, 3.05) is 6.61 Å². The highest BCUT2D eigenvalue weighted by Crippen LogP contribution is 2.22. The Balaban J connectivity index is 2.59. The highest BCUT2D eigenvalue weighted by molar-refractivity contribution is 9.10. The molecule has 1 rings (SSSR count). The van der Waals surface area contributed by atoms with Gasteiger partial charge >= 0.3 is 0 Å². The standard InChI is InChI=1S/C9H11BrO3/c1-2-12-13-6-7-5-8(10)3-4-9(7)11/h3-5,11H,2,6H2,1H3. The summed E-state index contributed by atoms with van der Waals surface area (Å²) in [7, 11) is 0. The van der Waals surface area contributed by atoms with Gasteiger partial charge in [0.2, 0.25) is 0 Å². The van der Waals surface area contributed by atoms with Gasteiger partial charge in [-0.2, -0.15) is 0 Å². The van der Waals surface area contributed by atoms with Gasteiger partial charge in [0.1, 0.15) is 12.4 Å². The monoisotopic (exact) mass is 246 g/mol. The van der Waals surface area contributed by atoms with E-state index in [1.165, 1.54) is 0 Å². The number of halogens is 1. The Kier molecular flexibility index (Phi) is 4.21. The number of hydrogen-bond acceptors (Lipinski definition) is 3. The van der Waals surface area contributed by atoms with Crippen LogP contribution < -0.4 is 0 Å². The molecule has 72 valence electrons. The Hall–Kier alpha value is -0.580. The molecule has 0 bridgehead atoms. The van der Waals surface area contributed by atoms with Crippen molar-refractivity contribution in [3.05, 3.63) is 28.2 Å². The van der Waals surface area contributed by atoms with E-state index in [4.69, 9.17) is 9.78 Å². The first-order valence-electron chi connectivity index (χ1n) is 3.96. The lowest BCUT2D eigenvalue weighted by atomic mass is 10.2. The summed E-state index contributed by atoms with van der Waals surface area (Å²) in [5.74, 6) is 0.211. The molecule has 1 aromatic rings. The molecule has 3 nitrogen and oxygen atoms in total. The molecule has 13 heavy (non-hydrogen) atoms. The fourth-order valence-electron chi connectivity index (χ4n) is 0.858. The summed E-state index contributed by atoms with van der Waals surface area (Å²) in [6.07, 6.45) is 0. The Bertz CT molecular complexity index is 276. The quantitative estimate of drug-likeness (QED) is 0.505. The summed E-state index contributed by atoms with van der Waals surface area (Å²) < 4.78 is 0.903. The van der Waals surface area contributed by atoms with E-state index in [0.717, 1.165) is 4.47 Å². The van der Waals surface area contributed by atoms with Crippen molar-refractivity contribution >= 4 is 15.9 Å². The molecule has 0 amide bonds. The molecule has 1 N–H and O–H groups in total. The van der Waals surface area contributed by atoms with Crippen LogP contribution in [0.2, 0.25) is 0 Å². The first-order chi connectivity index (χ1) is 6.24. The number of benzene rings is 1. The number of phenolic OH excluding ortho intramolecular Hbond substituents is 1. The van der Waals surface area contributed by atoms with E-state index < -0.39 is 0 Å². The number of aromatic hydroxyl groups is 1. The van der Waals surface area contributed by atoms with Crippen LogP contribution in [-0.2, 0) is 16.4 Å². The van der Waals surface area contributed by atoms with Crippen molar-refractivity contribution in [3.8, 4) is 5.75 Å². The topological polar surface area (TPSA) is 38.7 Å². The first kappa shape index (κ1) is 10.5. The minimum absolute atomic E-state index is 0.211. The van der Waals surface area contributed by atoms with E-state index in [1.807, 2.05) is 6.92 Å². The lowest BCUT2D eigenvalue weighted by molar-refractivity contribution is -0.300. The van der Waals surface area contributed by atoms with Gasteiger partial charge in [-0.25, -0.2) is 9.78 Å². The minimum atomic E-state index is 0.211. The number of rotatable bonds is 4. The molecule has 0 spiro atoms. The Morgan fingerprint density at radius 1 is 1.38 bits per heavy atom. The maximum atomic E-state index is 9.38. The summed E-state index contributed by atoms with van der Waals surface area (Å²) in [6.45, 7) is 2.58.